The average Bonchev–Trinajstić information content (AvgIpc) is 2.34. The van der Waals surface area contributed by atoms with Gasteiger partial charge in [0.25, 0.3) is 0 Å². The number of alkyl halides is 8. The molecule has 0 radical (unpaired) electrons. The van der Waals surface area contributed by atoms with Gasteiger partial charge in [-0.25, -0.2) is 8.78 Å². The second-order valence-electron chi connectivity index (χ2n) is 4.12. The van der Waals surface area contributed by atoms with Crippen LogP contribution >= 0.6 is 0 Å². The van der Waals surface area contributed by atoms with E-state index in [1.54, 1.807) is 0 Å². The smallest absolute Gasteiger partial charge is 0.381 e. The molecule has 2 nitrogen and oxygen atoms in total. The van der Waals surface area contributed by atoms with Crippen LogP contribution in [0.5, 0.6) is 0 Å². The summed E-state index contributed by atoms with van der Waals surface area (Å²) in [5, 5.41) is 0. The Morgan fingerprint density at radius 1 is 1.10 bits per heavy atom. The molecule has 20 heavy (non-hydrogen) atoms. The SMILES string of the molecule is CC[C@H](C)C(=O)OCC(F)(F)C(F)(F)C(F)(F)C(F)F. The highest BCUT2D eigenvalue weighted by Gasteiger charge is 2.75. The lowest BCUT2D eigenvalue weighted by atomic mass is 10.1. The lowest BCUT2D eigenvalue weighted by molar-refractivity contribution is -0.344. The molecule has 0 aromatic rings. The van der Waals surface area contributed by atoms with Gasteiger partial charge in [-0.1, -0.05) is 13.8 Å². The fourth-order valence-electron chi connectivity index (χ4n) is 0.942. The van der Waals surface area contributed by atoms with Crippen molar-refractivity contribution in [1.82, 2.24) is 0 Å². The third-order valence-corrected chi connectivity index (χ3v) is 2.56. The largest absolute Gasteiger partial charge is 0.459 e. The first-order valence-corrected chi connectivity index (χ1v) is 5.39. The first kappa shape index (κ1) is 18.9. The number of carbonyl (C=O) groups excluding carboxylic acids is 1. The van der Waals surface area contributed by atoms with Crippen LogP contribution in [0.1, 0.15) is 20.3 Å². The molecule has 0 aromatic heterocycles. The van der Waals surface area contributed by atoms with Crippen LogP contribution in [0.3, 0.4) is 0 Å². The quantitative estimate of drug-likeness (QED) is 0.528. The molecule has 0 rings (SSSR count). The molecule has 0 spiro atoms. The predicted molar refractivity (Wildman–Crippen MR) is 51.3 cm³/mol. The van der Waals surface area contributed by atoms with Gasteiger partial charge in [-0.2, -0.15) is 26.3 Å². The molecule has 0 amide bonds. The van der Waals surface area contributed by atoms with Gasteiger partial charge in [0.1, 0.15) is 0 Å². The maximum absolute atomic E-state index is 12.9. The minimum atomic E-state index is -6.36. The second-order valence-corrected chi connectivity index (χ2v) is 4.12. The third kappa shape index (κ3) is 3.51. The van der Waals surface area contributed by atoms with Crippen LogP contribution in [0.25, 0.3) is 0 Å². The minimum Gasteiger partial charge on any atom is -0.459 e. The monoisotopic (exact) mass is 316 g/mol. The number of ether oxygens (including phenoxy) is 1. The van der Waals surface area contributed by atoms with Crippen molar-refractivity contribution >= 4 is 5.97 Å². The van der Waals surface area contributed by atoms with Crippen molar-refractivity contribution in [3.63, 3.8) is 0 Å². The molecule has 0 aromatic carbocycles. The highest BCUT2D eigenvalue weighted by atomic mass is 19.4. The van der Waals surface area contributed by atoms with Gasteiger partial charge in [-0.05, 0) is 6.42 Å². The van der Waals surface area contributed by atoms with Gasteiger partial charge in [0.15, 0.2) is 6.61 Å². The molecule has 0 aliphatic heterocycles. The minimum absolute atomic E-state index is 0.133. The van der Waals surface area contributed by atoms with Crippen LogP contribution in [0.4, 0.5) is 35.1 Å². The molecule has 0 saturated heterocycles. The van der Waals surface area contributed by atoms with Crippen molar-refractivity contribution < 1.29 is 44.7 Å². The second kappa shape index (κ2) is 6.13. The van der Waals surface area contributed by atoms with Gasteiger partial charge in [0.2, 0.25) is 0 Å². The third-order valence-electron chi connectivity index (χ3n) is 2.56. The van der Waals surface area contributed by atoms with Crippen LogP contribution < -0.4 is 0 Å². The molecular weight excluding hydrogens is 304 g/mol. The van der Waals surface area contributed by atoms with E-state index in [9.17, 15) is 39.9 Å². The van der Waals surface area contributed by atoms with E-state index in [1.165, 1.54) is 13.8 Å². The van der Waals surface area contributed by atoms with E-state index in [4.69, 9.17) is 0 Å². The van der Waals surface area contributed by atoms with E-state index in [-0.39, 0.29) is 6.42 Å². The molecule has 0 unspecified atom stereocenters. The number of rotatable bonds is 7. The van der Waals surface area contributed by atoms with Crippen molar-refractivity contribution in [1.29, 1.82) is 0 Å². The Morgan fingerprint density at radius 2 is 1.55 bits per heavy atom. The fraction of sp³-hybridized carbons (Fsp3) is 0.900. The zero-order valence-electron chi connectivity index (χ0n) is 10.4. The molecule has 1 atom stereocenters. The number of hydrogen-bond acceptors (Lipinski definition) is 2. The first-order chi connectivity index (χ1) is 8.81. The fourth-order valence-corrected chi connectivity index (χ4v) is 0.942. The lowest BCUT2D eigenvalue weighted by Crippen LogP contribution is -2.59. The van der Waals surface area contributed by atoms with Crippen LogP contribution in [0.15, 0.2) is 0 Å². The Balaban J connectivity index is 5.00. The van der Waals surface area contributed by atoms with Crippen LogP contribution in [0.2, 0.25) is 0 Å². The summed E-state index contributed by atoms with van der Waals surface area (Å²) >= 11 is 0. The summed E-state index contributed by atoms with van der Waals surface area (Å²) in [7, 11) is 0. The van der Waals surface area contributed by atoms with Crippen molar-refractivity contribution in [2.45, 2.75) is 44.5 Å². The molecule has 0 heterocycles. The summed E-state index contributed by atoms with van der Waals surface area (Å²) in [6.45, 7) is 0.279. The van der Waals surface area contributed by atoms with Crippen molar-refractivity contribution in [2.24, 2.45) is 5.92 Å². The Labute approximate surface area is 109 Å². The van der Waals surface area contributed by atoms with Crippen molar-refractivity contribution in [2.75, 3.05) is 6.61 Å². The summed E-state index contributed by atoms with van der Waals surface area (Å²) in [6.07, 6.45) is -4.86. The molecule has 0 saturated carbocycles. The number of halogens is 8. The molecular formula is C10H12F8O2. The maximum Gasteiger partial charge on any atom is 0.381 e. The summed E-state index contributed by atoms with van der Waals surface area (Å²) in [4.78, 5) is 11.0. The molecule has 120 valence electrons. The number of esters is 1. The van der Waals surface area contributed by atoms with Gasteiger partial charge in [-0.3, -0.25) is 4.79 Å². The molecule has 10 heteroatoms. The van der Waals surface area contributed by atoms with Gasteiger partial charge in [0.05, 0.1) is 5.92 Å². The van der Waals surface area contributed by atoms with E-state index >= 15 is 0 Å². The number of hydrogen-bond donors (Lipinski definition) is 0. The molecule has 0 bridgehead atoms. The van der Waals surface area contributed by atoms with Gasteiger partial charge >= 0.3 is 30.2 Å². The summed E-state index contributed by atoms with van der Waals surface area (Å²) in [5.41, 5.74) is 0. The zero-order chi connectivity index (χ0) is 16.4. The number of carbonyl (C=O) groups is 1. The van der Waals surface area contributed by atoms with E-state index in [1.807, 2.05) is 0 Å². The van der Waals surface area contributed by atoms with Crippen molar-refractivity contribution in [3.05, 3.63) is 0 Å². The highest BCUT2D eigenvalue weighted by Crippen LogP contribution is 2.48. The zero-order valence-corrected chi connectivity index (χ0v) is 10.4. The van der Waals surface area contributed by atoms with Crippen LogP contribution in [-0.4, -0.2) is 36.8 Å². The van der Waals surface area contributed by atoms with E-state index in [2.05, 4.69) is 4.74 Å². The van der Waals surface area contributed by atoms with Crippen LogP contribution in [-0.2, 0) is 9.53 Å². The predicted octanol–water partition coefficient (Wildman–Crippen LogP) is 3.75. The Hall–Kier alpha value is -1.09. The Morgan fingerprint density at radius 3 is 1.90 bits per heavy atom. The maximum atomic E-state index is 12.9. The molecule has 0 aliphatic rings. The van der Waals surface area contributed by atoms with E-state index in [0.717, 1.165) is 0 Å². The van der Waals surface area contributed by atoms with E-state index in [0.29, 0.717) is 0 Å². The normalized spacial score (nSPS) is 15.3. The molecule has 0 fully saturated rings. The van der Waals surface area contributed by atoms with Crippen molar-refractivity contribution in [3.8, 4) is 0 Å². The van der Waals surface area contributed by atoms with Gasteiger partial charge in [-0.15, -0.1) is 0 Å². The summed E-state index contributed by atoms with van der Waals surface area (Å²) in [5.74, 6) is -20.5. The van der Waals surface area contributed by atoms with Gasteiger partial charge in [0, 0.05) is 0 Å². The van der Waals surface area contributed by atoms with Gasteiger partial charge < -0.3 is 4.74 Å². The average molecular weight is 316 g/mol. The summed E-state index contributed by atoms with van der Waals surface area (Å²) < 4.78 is 104. The highest BCUT2D eigenvalue weighted by molar-refractivity contribution is 5.71. The molecule has 0 aliphatic carbocycles. The standard InChI is InChI=1S/C10H12F8O2/c1-3-5(2)6(19)20-4-8(13,14)10(17,18)9(15,16)7(11)12/h5,7H,3-4H2,1-2H3/t5-/m0/s1. The summed E-state index contributed by atoms with van der Waals surface area (Å²) in [6, 6.07) is 0. The topological polar surface area (TPSA) is 26.3 Å². The van der Waals surface area contributed by atoms with Crippen LogP contribution in [0, 0.1) is 5.92 Å². The lowest BCUT2D eigenvalue weighted by Gasteiger charge is -2.31. The Kier molecular flexibility index (Phi) is 5.79. The van der Waals surface area contributed by atoms with E-state index < -0.39 is 42.7 Å². The molecule has 0 N–H and O–H groups in total. The first-order valence-electron chi connectivity index (χ1n) is 5.39. The Bertz CT molecular complexity index is 342.